The van der Waals surface area contributed by atoms with Gasteiger partial charge in [-0.1, -0.05) is 6.07 Å². The minimum Gasteiger partial charge on any atom is -0.466 e. The van der Waals surface area contributed by atoms with Crippen LogP contribution in [-0.2, 0) is 14.4 Å². The number of nitro benzene ring substituents is 1. The molecule has 8 heteroatoms. The standard InChI is InChI=1S/C15H19N3O5/c1-16(23-3)12-9-17(10-12)13-6-4-11(5-7-15(19)22-2)8-14(13)18(20)21/h4-8,12H,9-10H2,1-3H3. The molecule has 1 saturated heterocycles. The van der Waals surface area contributed by atoms with Crippen LogP contribution in [0.25, 0.3) is 6.08 Å². The number of esters is 1. The first-order valence-electron chi connectivity index (χ1n) is 7.02. The lowest BCUT2D eigenvalue weighted by Crippen LogP contribution is -2.58. The van der Waals surface area contributed by atoms with Crippen LogP contribution in [0.4, 0.5) is 11.4 Å². The van der Waals surface area contributed by atoms with Crippen LogP contribution in [0.2, 0.25) is 0 Å². The van der Waals surface area contributed by atoms with Gasteiger partial charge in [-0.15, -0.1) is 0 Å². The SMILES string of the molecule is COC(=O)C=Cc1ccc(N2CC(N(C)OC)C2)c([N+](=O)[O-])c1. The number of benzene rings is 1. The minimum atomic E-state index is -0.509. The largest absolute Gasteiger partial charge is 0.466 e. The molecule has 0 atom stereocenters. The summed E-state index contributed by atoms with van der Waals surface area (Å²) < 4.78 is 4.50. The van der Waals surface area contributed by atoms with Crippen molar-refractivity contribution < 1.29 is 19.3 Å². The molecule has 0 radical (unpaired) electrons. The molecule has 0 saturated carbocycles. The van der Waals surface area contributed by atoms with E-state index in [0.717, 1.165) is 0 Å². The highest BCUT2D eigenvalue weighted by atomic mass is 16.7. The third-order valence-corrected chi connectivity index (χ3v) is 3.81. The number of carbonyl (C=O) groups excluding carboxylic acids is 1. The maximum absolute atomic E-state index is 11.3. The number of anilines is 1. The Morgan fingerprint density at radius 3 is 2.70 bits per heavy atom. The van der Waals surface area contributed by atoms with E-state index in [2.05, 4.69) is 4.74 Å². The second-order valence-electron chi connectivity index (χ2n) is 5.15. The van der Waals surface area contributed by atoms with E-state index >= 15 is 0 Å². The first kappa shape index (κ1) is 16.9. The lowest BCUT2D eigenvalue weighted by molar-refractivity contribution is -0.384. The number of hydrogen-bond donors (Lipinski definition) is 0. The second kappa shape index (κ2) is 7.21. The van der Waals surface area contributed by atoms with Gasteiger partial charge < -0.3 is 14.5 Å². The van der Waals surface area contributed by atoms with Crippen molar-refractivity contribution in [2.45, 2.75) is 6.04 Å². The van der Waals surface area contributed by atoms with Crippen molar-refractivity contribution in [3.8, 4) is 0 Å². The summed E-state index contributed by atoms with van der Waals surface area (Å²) in [5.41, 5.74) is 1.14. The smallest absolute Gasteiger partial charge is 0.330 e. The van der Waals surface area contributed by atoms with Crippen molar-refractivity contribution in [1.29, 1.82) is 0 Å². The molecule has 1 aliphatic rings. The van der Waals surface area contributed by atoms with Crippen LogP contribution in [0.1, 0.15) is 5.56 Å². The zero-order chi connectivity index (χ0) is 17.0. The molecule has 1 heterocycles. The van der Waals surface area contributed by atoms with Gasteiger partial charge in [-0.2, -0.15) is 5.06 Å². The Bertz CT molecular complexity index is 626. The van der Waals surface area contributed by atoms with Crippen molar-refractivity contribution >= 4 is 23.4 Å². The quantitative estimate of drug-likeness (QED) is 0.339. The average molecular weight is 321 g/mol. The second-order valence-corrected chi connectivity index (χ2v) is 5.15. The van der Waals surface area contributed by atoms with Gasteiger partial charge in [-0.3, -0.25) is 10.1 Å². The van der Waals surface area contributed by atoms with Crippen LogP contribution in [0.15, 0.2) is 24.3 Å². The van der Waals surface area contributed by atoms with E-state index in [9.17, 15) is 14.9 Å². The Morgan fingerprint density at radius 2 is 2.13 bits per heavy atom. The number of likely N-dealkylation sites (N-methyl/N-ethyl adjacent to an activating group) is 1. The van der Waals surface area contributed by atoms with Crippen molar-refractivity contribution in [1.82, 2.24) is 5.06 Å². The van der Waals surface area contributed by atoms with Gasteiger partial charge in [0.1, 0.15) is 5.69 Å². The molecule has 1 aliphatic heterocycles. The Balaban J connectivity index is 2.17. The lowest BCUT2D eigenvalue weighted by Gasteiger charge is -2.43. The maximum atomic E-state index is 11.3. The van der Waals surface area contributed by atoms with Gasteiger partial charge >= 0.3 is 5.97 Å². The molecule has 1 aromatic carbocycles. The van der Waals surface area contributed by atoms with E-state index in [1.807, 2.05) is 11.9 Å². The van der Waals surface area contributed by atoms with E-state index in [1.54, 1.807) is 24.3 Å². The van der Waals surface area contributed by atoms with Gasteiger partial charge in [0.15, 0.2) is 0 Å². The van der Waals surface area contributed by atoms with Gasteiger partial charge in [-0.25, -0.2) is 4.79 Å². The molecule has 23 heavy (non-hydrogen) atoms. The number of hydroxylamine groups is 2. The van der Waals surface area contributed by atoms with Crippen LogP contribution >= 0.6 is 0 Å². The fourth-order valence-electron chi connectivity index (χ4n) is 2.32. The average Bonchev–Trinajstić information content (AvgIpc) is 2.51. The van der Waals surface area contributed by atoms with Crippen molar-refractivity contribution in [2.75, 3.05) is 39.3 Å². The highest BCUT2D eigenvalue weighted by Crippen LogP contribution is 2.33. The van der Waals surface area contributed by atoms with E-state index in [-0.39, 0.29) is 11.7 Å². The van der Waals surface area contributed by atoms with Gasteiger partial charge in [-0.05, 0) is 17.7 Å². The minimum absolute atomic E-state index is 0.00976. The monoisotopic (exact) mass is 321 g/mol. The lowest BCUT2D eigenvalue weighted by atomic mass is 10.1. The summed E-state index contributed by atoms with van der Waals surface area (Å²) in [7, 11) is 4.69. The number of nitro groups is 1. The molecule has 8 nitrogen and oxygen atoms in total. The topological polar surface area (TPSA) is 85.2 Å². The fourth-order valence-corrected chi connectivity index (χ4v) is 2.32. The van der Waals surface area contributed by atoms with Gasteiger partial charge in [0, 0.05) is 32.3 Å². The van der Waals surface area contributed by atoms with Gasteiger partial charge in [0.25, 0.3) is 5.69 Å². The zero-order valence-electron chi connectivity index (χ0n) is 13.3. The molecule has 0 spiro atoms. The Kier molecular flexibility index (Phi) is 5.30. The predicted molar refractivity (Wildman–Crippen MR) is 84.9 cm³/mol. The summed E-state index contributed by atoms with van der Waals surface area (Å²) in [5, 5.41) is 13.0. The Morgan fingerprint density at radius 1 is 1.43 bits per heavy atom. The molecule has 0 amide bonds. The summed E-state index contributed by atoms with van der Waals surface area (Å²) in [5.74, 6) is -0.509. The first-order chi connectivity index (χ1) is 11.0. The van der Waals surface area contributed by atoms with E-state index < -0.39 is 10.9 Å². The first-order valence-corrected chi connectivity index (χ1v) is 7.02. The highest BCUT2D eigenvalue weighted by Gasteiger charge is 2.34. The summed E-state index contributed by atoms with van der Waals surface area (Å²) in [4.78, 5) is 29.0. The molecular weight excluding hydrogens is 302 g/mol. The number of rotatable bonds is 6. The number of ether oxygens (including phenoxy) is 1. The van der Waals surface area contributed by atoms with E-state index in [0.29, 0.717) is 24.3 Å². The van der Waals surface area contributed by atoms with E-state index in [4.69, 9.17) is 4.84 Å². The molecule has 0 aromatic heterocycles. The molecule has 1 aromatic rings. The third-order valence-electron chi connectivity index (χ3n) is 3.81. The molecule has 0 aliphatic carbocycles. The molecule has 124 valence electrons. The molecule has 0 N–H and O–H groups in total. The van der Waals surface area contributed by atoms with Crippen LogP contribution in [-0.4, -0.2) is 56.4 Å². The zero-order valence-corrected chi connectivity index (χ0v) is 13.3. The predicted octanol–water partition coefficient (Wildman–Crippen LogP) is 1.46. The number of carbonyl (C=O) groups is 1. The van der Waals surface area contributed by atoms with Crippen LogP contribution in [0.5, 0.6) is 0 Å². The fraction of sp³-hybridized carbons (Fsp3) is 0.400. The third kappa shape index (κ3) is 3.85. The molecule has 2 rings (SSSR count). The van der Waals surface area contributed by atoms with Gasteiger partial charge in [0.05, 0.1) is 25.2 Å². The summed E-state index contributed by atoms with van der Waals surface area (Å²) in [6, 6.07) is 5.08. The van der Waals surface area contributed by atoms with Crippen LogP contribution < -0.4 is 4.90 Å². The van der Waals surface area contributed by atoms with Crippen molar-refractivity contribution in [3.63, 3.8) is 0 Å². The number of methoxy groups -OCH3 is 1. The summed E-state index contributed by atoms with van der Waals surface area (Å²) in [6.45, 7) is 1.31. The normalized spacial score (nSPS) is 15.0. The van der Waals surface area contributed by atoms with Crippen molar-refractivity contribution in [2.24, 2.45) is 0 Å². The maximum Gasteiger partial charge on any atom is 0.330 e. The summed E-state index contributed by atoms with van der Waals surface area (Å²) >= 11 is 0. The molecule has 0 unspecified atom stereocenters. The van der Waals surface area contributed by atoms with Crippen LogP contribution in [0, 0.1) is 10.1 Å². The van der Waals surface area contributed by atoms with Crippen LogP contribution in [0.3, 0.4) is 0 Å². The molecule has 0 bridgehead atoms. The number of nitrogens with zero attached hydrogens (tertiary/aromatic N) is 3. The molecular formula is C15H19N3O5. The van der Waals surface area contributed by atoms with Gasteiger partial charge in [0.2, 0.25) is 0 Å². The number of hydrogen-bond acceptors (Lipinski definition) is 7. The summed E-state index contributed by atoms with van der Waals surface area (Å²) in [6.07, 6.45) is 2.71. The van der Waals surface area contributed by atoms with E-state index in [1.165, 1.54) is 25.3 Å². The Labute approximate surface area is 134 Å². The highest BCUT2D eigenvalue weighted by molar-refractivity contribution is 5.87. The Hall–Kier alpha value is -2.45. The molecule has 1 fully saturated rings. The van der Waals surface area contributed by atoms with Crippen molar-refractivity contribution in [3.05, 3.63) is 40.0 Å².